The molecule has 2 aromatic heterocycles. The summed E-state index contributed by atoms with van der Waals surface area (Å²) in [5, 5.41) is 8.87. The SMILES string of the molecule is C1=CCc2c(ccc3ccc(-c4ccc(-c5ccc6c7c8ccccc8c8ccccc8c7n(-c7ccccc7)c6c5)cc4)nc23)C=C1. The van der Waals surface area contributed by atoms with Crippen LogP contribution in [0, 0.1) is 0 Å². The molecule has 1 aliphatic carbocycles. The minimum Gasteiger partial charge on any atom is -0.309 e. The highest BCUT2D eigenvalue weighted by Crippen LogP contribution is 2.43. The van der Waals surface area contributed by atoms with E-state index in [9.17, 15) is 0 Å². The van der Waals surface area contributed by atoms with Gasteiger partial charge < -0.3 is 4.57 Å². The molecule has 0 radical (unpaired) electrons. The summed E-state index contributed by atoms with van der Waals surface area (Å²) in [5.41, 5.74) is 11.7. The van der Waals surface area contributed by atoms with Crippen molar-refractivity contribution in [1.29, 1.82) is 0 Å². The Morgan fingerprint density at radius 3 is 2.04 bits per heavy atom. The topological polar surface area (TPSA) is 17.8 Å². The number of pyridine rings is 1. The molecule has 9 aromatic rings. The molecule has 1 aliphatic rings. The number of hydrogen-bond acceptors (Lipinski definition) is 1. The van der Waals surface area contributed by atoms with Crippen LogP contribution in [0.5, 0.6) is 0 Å². The lowest BCUT2D eigenvalue weighted by Crippen LogP contribution is -1.95. The van der Waals surface area contributed by atoms with Crippen LogP contribution in [0.15, 0.2) is 164 Å². The summed E-state index contributed by atoms with van der Waals surface area (Å²) in [6.07, 6.45) is 9.52. The molecular weight excluding hydrogens is 581 g/mol. The Balaban J connectivity index is 1.15. The molecule has 0 bridgehead atoms. The van der Waals surface area contributed by atoms with Crippen LogP contribution < -0.4 is 0 Å². The largest absolute Gasteiger partial charge is 0.309 e. The normalized spacial score (nSPS) is 12.8. The summed E-state index contributed by atoms with van der Waals surface area (Å²) >= 11 is 0. The van der Waals surface area contributed by atoms with E-state index in [4.69, 9.17) is 4.98 Å². The molecule has 0 spiro atoms. The Morgan fingerprint density at radius 1 is 0.521 bits per heavy atom. The minimum absolute atomic E-state index is 0.892. The molecule has 224 valence electrons. The Kier molecular flexibility index (Phi) is 5.97. The number of allylic oxidation sites excluding steroid dienone is 3. The Labute approximate surface area is 278 Å². The van der Waals surface area contributed by atoms with Gasteiger partial charge in [0.05, 0.1) is 22.2 Å². The standard InChI is InChI=1S/C46H30N2/c1-3-11-31-21-24-33-26-28-42(47-45(33)36(31)14-6-1)32-22-19-30(20-23-32)34-25-27-41-43(29-34)48(35-12-4-2-5-13-35)46-40-18-10-8-16-38(40)37-15-7-9-17-39(37)44(41)46/h1-13,15-29H,14H2. The van der Waals surface area contributed by atoms with Crippen molar-refractivity contribution in [3.8, 4) is 28.1 Å². The van der Waals surface area contributed by atoms with Gasteiger partial charge in [0, 0.05) is 32.8 Å². The van der Waals surface area contributed by atoms with Crippen LogP contribution in [0.2, 0.25) is 0 Å². The predicted octanol–water partition coefficient (Wildman–Crippen LogP) is 12.1. The lowest BCUT2D eigenvalue weighted by Gasteiger charge is -2.12. The van der Waals surface area contributed by atoms with Crippen molar-refractivity contribution in [2.45, 2.75) is 6.42 Å². The molecule has 2 nitrogen and oxygen atoms in total. The van der Waals surface area contributed by atoms with E-state index in [1.54, 1.807) is 0 Å². The second kappa shape index (κ2) is 10.7. The average Bonchev–Trinajstić information content (AvgIpc) is 3.30. The van der Waals surface area contributed by atoms with Crippen LogP contribution in [0.4, 0.5) is 0 Å². The van der Waals surface area contributed by atoms with Gasteiger partial charge in [0.1, 0.15) is 0 Å². The predicted molar refractivity (Wildman–Crippen MR) is 204 cm³/mol. The third-order valence-corrected chi connectivity index (χ3v) is 10.0. The number of hydrogen-bond donors (Lipinski definition) is 0. The van der Waals surface area contributed by atoms with Crippen LogP contribution in [0.3, 0.4) is 0 Å². The van der Waals surface area contributed by atoms with Crippen LogP contribution in [0.1, 0.15) is 11.1 Å². The Morgan fingerprint density at radius 2 is 1.21 bits per heavy atom. The summed E-state index contributed by atoms with van der Waals surface area (Å²) in [7, 11) is 0. The first-order valence-electron chi connectivity index (χ1n) is 16.6. The lowest BCUT2D eigenvalue weighted by molar-refractivity contribution is 1.19. The molecule has 0 N–H and O–H groups in total. The summed E-state index contributed by atoms with van der Waals surface area (Å²) in [4.78, 5) is 5.19. The molecule has 7 aromatic carbocycles. The number of rotatable bonds is 3. The van der Waals surface area contributed by atoms with Gasteiger partial charge in [-0.15, -0.1) is 0 Å². The van der Waals surface area contributed by atoms with Crippen LogP contribution in [-0.4, -0.2) is 9.55 Å². The van der Waals surface area contributed by atoms with Gasteiger partial charge >= 0.3 is 0 Å². The van der Waals surface area contributed by atoms with Crippen LogP contribution in [0.25, 0.3) is 88.4 Å². The highest BCUT2D eigenvalue weighted by molar-refractivity contribution is 6.32. The van der Waals surface area contributed by atoms with E-state index in [2.05, 4.69) is 174 Å². The fourth-order valence-electron chi connectivity index (χ4n) is 7.75. The van der Waals surface area contributed by atoms with Crippen LogP contribution >= 0.6 is 0 Å². The van der Waals surface area contributed by atoms with Gasteiger partial charge in [-0.2, -0.15) is 0 Å². The summed E-state index contributed by atoms with van der Waals surface area (Å²) in [6.45, 7) is 0. The molecule has 2 heterocycles. The van der Waals surface area contributed by atoms with Gasteiger partial charge in [-0.05, 0) is 69.1 Å². The molecule has 0 unspecified atom stereocenters. The zero-order valence-corrected chi connectivity index (χ0v) is 26.3. The van der Waals surface area contributed by atoms with Gasteiger partial charge in [-0.25, -0.2) is 4.98 Å². The fourth-order valence-corrected chi connectivity index (χ4v) is 7.75. The number of fused-ring (bicyclic) bond motifs is 11. The highest BCUT2D eigenvalue weighted by atomic mass is 15.0. The van der Waals surface area contributed by atoms with Gasteiger partial charge in [-0.3, -0.25) is 0 Å². The number of aromatic nitrogens is 2. The summed E-state index contributed by atoms with van der Waals surface area (Å²) in [5.74, 6) is 0. The Bertz CT molecular complexity index is 2780. The van der Waals surface area contributed by atoms with Gasteiger partial charge in [0.25, 0.3) is 0 Å². The quantitative estimate of drug-likeness (QED) is 0.182. The van der Waals surface area contributed by atoms with Crippen molar-refractivity contribution in [3.05, 3.63) is 175 Å². The summed E-state index contributed by atoms with van der Waals surface area (Å²) < 4.78 is 2.46. The van der Waals surface area contributed by atoms with Crippen molar-refractivity contribution in [1.82, 2.24) is 9.55 Å². The second-order valence-electron chi connectivity index (χ2n) is 12.7. The monoisotopic (exact) mass is 610 g/mol. The smallest absolute Gasteiger partial charge is 0.0750 e. The van der Waals surface area contributed by atoms with Gasteiger partial charge in [-0.1, -0.05) is 146 Å². The first-order valence-corrected chi connectivity index (χ1v) is 16.6. The third kappa shape index (κ3) is 4.09. The molecule has 0 atom stereocenters. The van der Waals surface area contributed by atoms with E-state index in [-0.39, 0.29) is 0 Å². The van der Waals surface area contributed by atoms with E-state index in [1.807, 2.05) is 0 Å². The first kappa shape index (κ1) is 26.9. The molecule has 10 rings (SSSR count). The van der Waals surface area contributed by atoms with Gasteiger partial charge in [0.15, 0.2) is 0 Å². The second-order valence-corrected chi connectivity index (χ2v) is 12.7. The number of para-hydroxylation sites is 1. The average molecular weight is 611 g/mol. The summed E-state index contributed by atoms with van der Waals surface area (Å²) in [6, 6.07) is 53.0. The number of benzene rings is 7. The zero-order valence-electron chi connectivity index (χ0n) is 26.3. The van der Waals surface area contributed by atoms with Crippen molar-refractivity contribution in [2.75, 3.05) is 0 Å². The van der Waals surface area contributed by atoms with E-state index in [0.29, 0.717) is 0 Å². The maximum Gasteiger partial charge on any atom is 0.0750 e. The first-order chi connectivity index (χ1) is 23.8. The molecule has 2 heteroatoms. The van der Waals surface area contributed by atoms with E-state index < -0.39 is 0 Å². The van der Waals surface area contributed by atoms with E-state index >= 15 is 0 Å². The zero-order chi connectivity index (χ0) is 31.6. The lowest BCUT2D eigenvalue weighted by atomic mass is 9.96. The highest BCUT2D eigenvalue weighted by Gasteiger charge is 2.19. The molecular formula is C46H30N2. The van der Waals surface area contributed by atoms with E-state index in [1.165, 1.54) is 71.0 Å². The maximum atomic E-state index is 5.19. The molecule has 0 saturated heterocycles. The van der Waals surface area contributed by atoms with Gasteiger partial charge in [0.2, 0.25) is 0 Å². The molecule has 0 amide bonds. The Hall–Kier alpha value is -6.25. The third-order valence-electron chi connectivity index (χ3n) is 10.0. The molecule has 0 saturated carbocycles. The van der Waals surface area contributed by atoms with Crippen molar-refractivity contribution >= 4 is 60.3 Å². The number of nitrogens with zero attached hydrogens (tertiary/aromatic N) is 2. The molecule has 0 fully saturated rings. The van der Waals surface area contributed by atoms with Crippen molar-refractivity contribution < 1.29 is 0 Å². The van der Waals surface area contributed by atoms with Crippen LogP contribution in [-0.2, 0) is 6.42 Å². The molecule has 0 aliphatic heterocycles. The van der Waals surface area contributed by atoms with E-state index in [0.717, 1.165) is 28.9 Å². The minimum atomic E-state index is 0.892. The fraction of sp³-hybridized carbons (Fsp3) is 0.0217. The van der Waals surface area contributed by atoms with Crippen molar-refractivity contribution in [2.24, 2.45) is 0 Å². The van der Waals surface area contributed by atoms with Crippen molar-refractivity contribution in [3.63, 3.8) is 0 Å². The molecule has 48 heavy (non-hydrogen) atoms. The maximum absolute atomic E-state index is 5.19.